The standard InChI is InChI=1S/C13H18/c1-4-6-7-13-9-8-12(5-2)10-11(13)3/h4,6,8-10H,5,7H2,1-3H3/b6-4+. The Kier molecular flexibility index (Phi) is 3.75. The first-order valence-corrected chi connectivity index (χ1v) is 4.97. The molecule has 0 radical (unpaired) electrons. The number of allylic oxidation sites excluding steroid dienone is 2. The van der Waals surface area contributed by atoms with Crippen molar-refractivity contribution in [3.63, 3.8) is 0 Å². The molecule has 1 aromatic rings. The Morgan fingerprint density at radius 2 is 2.08 bits per heavy atom. The maximum absolute atomic E-state index is 2.29. The lowest BCUT2D eigenvalue weighted by molar-refractivity contribution is 1.11. The van der Waals surface area contributed by atoms with E-state index in [2.05, 4.69) is 51.1 Å². The zero-order chi connectivity index (χ0) is 9.68. The molecule has 0 spiro atoms. The van der Waals surface area contributed by atoms with Gasteiger partial charge in [-0.05, 0) is 43.4 Å². The summed E-state index contributed by atoms with van der Waals surface area (Å²) in [7, 11) is 0. The van der Waals surface area contributed by atoms with Crippen LogP contribution in [0.1, 0.15) is 30.5 Å². The van der Waals surface area contributed by atoms with Crippen LogP contribution < -0.4 is 0 Å². The molecule has 70 valence electrons. The number of hydrogen-bond acceptors (Lipinski definition) is 0. The highest BCUT2D eigenvalue weighted by Gasteiger charge is 1.96. The van der Waals surface area contributed by atoms with Crippen LogP contribution in [-0.4, -0.2) is 0 Å². The SMILES string of the molecule is C/C=C/Cc1ccc(CC)cc1C. The molecule has 0 bridgehead atoms. The Balaban J connectivity index is 2.85. The number of rotatable bonds is 3. The molecule has 0 aliphatic carbocycles. The van der Waals surface area contributed by atoms with E-state index < -0.39 is 0 Å². The van der Waals surface area contributed by atoms with E-state index in [0.717, 1.165) is 12.8 Å². The molecule has 0 N–H and O–H groups in total. The van der Waals surface area contributed by atoms with E-state index in [4.69, 9.17) is 0 Å². The summed E-state index contributed by atoms with van der Waals surface area (Å²) >= 11 is 0. The largest absolute Gasteiger partial charge is 0.0913 e. The number of aryl methyl sites for hydroxylation is 2. The zero-order valence-corrected chi connectivity index (χ0v) is 8.80. The minimum Gasteiger partial charge on any atom is -0.0913 e. The molecule has 0 fully saturated rings. The minimum atomic E-state index is 1.06. The molecule has 0 atom stereocenters. The highest BCUT2D eigenvalue weighted by Crippen LogP contribution is 2.12. The number of hydrogen-bond donors (Lipinski definition) is 0. The van der Waals surface area contributed by atoms with Gasteiger partial charge in [-0.3, -0.25) is 0 Å². The molecule has 1 rings (SSSR count). The van der Waals surface area contributed by atoms with Gasteiger partial charge < -0.3 is 0 Å². The highest BCUT2D eigenvalue weighted by molar-refractivity contribution is 5.32. The molecule has 0 saturated carbocycles. The van der Waals surface area contributed by atoms with Gasteiger partial charge in [-0.1, -0.05) is 37.3 Å². The quantitative estimate of drug-likeness (QED) is 0.613. The van der Waals surface area contributed by atoms with Crippen LogP contribution in [0.25, 0.3) is 0 Å². The van der Waals surface area contributed by atoms with Crippen LogP contribution in [0.3, 0.4) is 0 Å². The topological polar surface area (TPSA) is 0 Å². The summed E-state index contributed by atoms with van der Waals surface area (Å²) in [4.78, 5) is 0. The van der Waals surface area contributed by atoms with E-state index in [1.54, 1.807) is 0 Å². The second-order valence-electron chi connectivity index (χ2n) is 3.39. The second kappa shape index (κ2) is 4.86. The Hall–Kier alpha value is -1.04. The molecule has 0 heterocycles. The molecule has 0 heteroatoms. The summed E-state index contributed by atoms with van der Waals surface area (Å²) in [6.45, 7) is 6.45. The van der Waals surface area contributed by atoms with Crippen LogP contribution in [0.2, 0.25) is 0 Å². The van der Waals surface area contributed by atoms with Crippen molar-refractivity contribution in [1.82, 2.24) is 0 Å². The average Bonchev–Trinajstić information content (AvgIpc) is 2.16. The van der Waals surface area contributed by atoms with Gasteiger partial charge in [0, 0.05) is 0 Å². The van der Waals surface area contributed by atoms with Crippen molar-refractivity contribution in [2.24, 2.45) is 0 Å². The molecule has 0 aliphatic heterocycles. The van der Waals surface area contributed by atoms with Crippen LogP contribution >= 0.6 is 0 Å². The van der Waals surface area contributed by atoms with Crippen LogP contribution in [0.5, 0.6) is 0 Å². The lowest BCUT2D eigenvalue weighted by Gasteiger charge is -2.04. The monoisotopic (exact) mass is 174 g/mol. The first kappa shape index (κ1) is 10.0. The maximum atomic E-state index is 2.29. The third-order valence-corrected chi connectivity index (χ3v) is 2.39. The fourth-order valence-electron chi connectivity index (χ4n) is 1.45. The van der Waals surface area contributed by atoms with Crippen molar-refractivity contribution in [2.45, 2.75) is 33.6 Å². The van der Waals surface area contributed by atoms with Crippen molar-refractivity contribution < 1.29 is 0 Å². The van der Waals surface area contributed by atoms with Crippen molar-refractivity contribution in [3.05, 3.63) is 47.0 Å². The smallest absolute Gasteiger partial charge is 0.00949 e. The van der Waals surface area contributed by atoms with Gasteiger partial charge >= 0.3 is 0 Å². The molecule has 0 aromatic heterocycles. The third kappa shape index (κ3) is 2.73. The van der Waals surface area contributed by atoms with E-state index in [-0.39, 0.29) is 0 Å². The third-order valence-electron chi connectivity index (χ3n) is 2.39. The normalized spacial score (nSPS) is 11.0. The lowest BCUT2D eigenvalue weighted by atomic mass is 10.0. The van der Waals surface area contributed by atoms with Crippen LogP contribution in [0.15, 0.2) is 30.4 Å². The molecule has 0 unspecified atom stereocenters. The predicted molar refractivity (Wildman–Crippen MR) is 59.1 cm³/mol. The van der Waals surface area contributed by atoms with Gasteiger partial charge in [0.2, 0.25) is 0 Å². The first-order valence-electron chi connectivity index (χ1n) is 4.97. The van der Waals surface area contributed by atoms with Gasteiger partial charge in [0.25, 0.3) is 0 Å². The van der Waals surface area contributed by atoms with Crippen LogP contribution in [0, 0.1) is 6.92 Å². The summed E-state index contributed by atoms with van der Waals surface area (Å²) in [5.41, 5.74) is 4.29. The van der Waals surface area contributed by atoms with E-state index in [1.807, 2.05) is 0 Å². The molecule has 1 aromatic carbocycles. The van der Waals surface area contributed by atoms with E-state index >= 15 is 0 Å². The second-order valence-corrected chi connectivity index (χ2v) is 3.39. The summed E-state index contributed by atoms with van der Waals surface area (Å²) in [6, 6.07) is 6.76. The molecule has 13 heavy (non-hydrogen) atoms. The van der Waals surface area contributed by atoms with Crippen molar-refractivity contribution >= 4 is 0 Å². The van der Waals surface area contributed by atoms with Crippen LogP contribution in [-0.2, 0) is 12.8 Å². The van der Waals surface area contributed by atoms with Crippen molar-refractivity contribution in [3.8, 4) is 0 Å². The molecule has 0 amide bonds. The van der Waals surface area contributed by atoms with E-state index in [9.17, 15) is 0 Å². The van der Waals surface area contributed by atoms with Gasteiger partial charge in [0.1, 0.15) is 0 Å². The molecule has 0 saturated heterocycles. The lowest BCUT2D eigenvalue weighted by Crippen LogP contribution is -1.89. The molecular formula is C13H18. The number of benzene rings is 1. The van der Waals surface area contributed by atoms with Crippen LogP contribution in [0.4, 0.5) is 0 Å². The molecular weight excluding hydrogens is 156 g/mol. The average molecular weight is 174 g/mol. The molecule has 0 aliphatic rings. The summed E-state index contributed by atoms with van der Waals surface area (Å²) < 4.78 is 0. The first-order chi connectivity index (χ1) is 6.27. The molecule has 0 nitrogen and oxygen atoms in total. The summed E-state index contributed by atoms with van der Waals surface area (Å²) in [5.74, 6) is 0. The fraction of sp³-hybridized carbons (Fsp3) is 0.385. The van der Waals surface area contributed by atoms with Gasteiger partial charge in [0.15, 0.2) is 0 Å². The Morgan fingerprint density at radius 1 is 1.31 bits per heavy atom. The predicted octanol–water partition coefficient (Wildman–Crippen LogP) is 3.68. The van der Waals surface area contributed by atoms with E-state index in [1.165, 1.54) is 16.7 Å². The Bertz CT molecular complexity index is 295. The Morgan fingerprint density at radius 3 is 2.62 bits per heavy atom. The fourth-order valence-corrected chi connectivity index (χ4v) is 1.45. The Labute approximate surface area is 81.3 Å². The summed E-state index contributed by atoms with van der Waals surface area (Å²) in [6.07, 6.45) is 6.50. The van der Waals surface area contributed by atoms with Crippen molar-refractivity contribution in [2.75, 3.05) is 0 Å². The van der Waals surface area contributed by atoms with Crippen molar-refractivity contribution in [1.29, 1.82) is 0 Å². The minimum absolute atomic E-state index is 1.06. The van der Waals surface area contributed by atoms with Gasteiger partial charge in [0.05, 0.1) is 0 Å². The zero-order valence-electron chi connectivity index (χ0n) is 8.80. The maximum Gasteiger partial charge on any atom is -0.00949 e. The summed E-state index contributed by atoms with van der Waals surface area (Å²) in [5, 5.41) is 0. The van der Waals surface area contributed by atoms with Gasteiger partial charge in [-0.25, -0.2) is 0 Å². The van der Waals surface area contributed by atoms with Gasteiger partial charge in [-0.15, -0.1) is 0 Å². The van der Waals surface area contributed by atoms with E-state index in [0.29, 0.717) is 0 Å². The van der Waals surface area contributed by atoms with Gasteiger partial charge in [-0.2, -0.15) is 0 Å². The highest BCUT2D eigenvalue weighted by atomic mass is 14.0.